The van der Waals surface area contributed by atoms with Crippen LogP contribution in [-0.4, -0.2) is 55.8 Å². The molecular weight excluding hydrogens is 250 g/mol. The Hall–Kier alpha value is -0.170. The van der Waals surface area contributed by atoms with Crippen molar-refractivity contribution in [3.8, 4) is 0 Å². The molecule has 0 aromatic heterocycles. The first-order valence-electron chi connectivity index (χ1n) is 7.03. The number of rotatable bonds is 6. The van der Waals surface area contributed by atoms with Crippen molar-refractivity contribution in [3.05, 3.63) is 0 Å². The van der Waals surface area contributed by atoms with Crippen LogP contribution in [0.4, 0.5) is 0 Å². The molecule has 106 valence electrons. The highest BCUT2D eigenvalue weighted by molar-refractivity contribution is 7.86. The van der Waals surface area contributed by atoms with E-state index in [1.165, 1.54) is 0 Å². The number of nitrogens with one attached hydrogen (secondary N) is 1. The van der Waals surface area contributed by atoms with Crippen molar-refractivity contribution < 1.29 is 8.42 Å². The largest absolute Gasteiger partial charge is 0.315 e. The van der Waals surface area contributed by atoms with Crippen LogP contribution in [0, 0.1) is 0 Å². The fourth-order valence-corrected chi connectivity index (χ4v) is 4.42. The smallest absolute Gasteiger partial charge is 0.282 e. The van der Waals surface area contributed by atoms with Crippen molar-refractivity contribution in [1.82, 2.24) is 13.9 Å². The molecule has 6 heteroatoms. The molecule has 2 aliphatic rings. The average molecular weight is 275 g/mol. The maximum absolute atomic E-state index is 12.6. The van der Waals surface area contributed by atoms with Gasteiger partial charge in [0.25, 0.3) is 10.2 Å². The summed E-state index contributed by atoms with van der Waals surface area (Å²) in [7, 11) is -1.52. The molecule has 0 amide bonds. The molecule has 1 heterocycles. The first-order chi connectivity index (χ1) is 8.57. The molecular formula is C12H25N3O2S. The van der Waals surface area contributed by atoms with Gasteiger partial charge in [-0.25, -0.2) is 0 Å². The average Bonchev–Trinajstić information content (AvgIpc) is 3.20. The summed E-state index contributed by atoms with van der Waals surface area (Å²) in [5.41, 5.74) is 0. The standard InChI is InChI=1S/C12H25N3O2S/c1-3-13-10-12-6-4-5-9-15(12)18(16,17)14(2)11-7-8-11/h11-13H,3-10H2,1-2H3. The molecule has 0 spiro atoms. The minimum atomic E-state index is -3.25. The summed E-state index contributed by atoms with van der Waals surface area (Å²) >= 11 is 0. The fourth-order valence-electron chi connectivity index (χ4n) is 2.58. The second-order valence-corrected chi connectivity index (χ2v) is 7.26. The SMILES string of the molecule is CCNCC1CCCCN1S(=O)(=O)N(C)C1CC1. The van der Waals surface area contributed by atoms with Crippen LogP contribution in [0.25, 0.3) is 0 Å². The van der Waals surface area contributed by atoms with Crippen LogP contribution in [0.2, 0.25) is 0 Å². The van der Waals surface area contributed by atoms with E-state index >= 15 is 0 Å². The van der Waals surface area contributed by atoms with Crippen molar-refractivity contribution in [2.75, 3.05) is 26.7 Å². The van der Waals surface area contributed by atoms with Gasteiger partial charge in [0.2, 0.25) is 0 Å². The fraction of sp³-hybridized carbons (Fsp3) is 1.00. The Morgan fingerprint density at radius 3 is 2.61 bits per heavy atom. The predicted molar refractivity (Wildman–Crippen MR) is 72.6 cm³/mol. The monoisotopic (exact) mass is 275 g/mol. The molecule has 18 heavy (non-hydrogen) atoms. The third-order valence-corrected chi connectivity index (χ3v) is 6.02. The Kier molecular flexibility index (Phi) is 4.64. The Bertz CT molecular complexity index is 368. The van der Waals surface area contributed by atoms with E-state index in [1.807, 2.05) is 0 Å². The third-order valence-electron chi connectivity index (χ3n) is 3.92. The van der Waals surface area contributed by atoms with Gasteiger partial charge in [0.1, 0.15) is 0 Å². The van der Waals surface area contributed by atoms with Gasteiger partial charge in [-0.3, -0.25) is 0 Å². The number of hydrogen-bond donors (Lipinski definition) is 1. The normalized spacial score (nSPS) is 26.7. The van der Waals surface area contributed by atoms with Crippen molar-refractivity contribution in [2.45, 2.75) is 51.1 Å². The van der Waals surface area contributed by atoms with Gasteiger partial charge >= 0.3 is 0 Å². The first kappa shape index (κ1) is 14.2. The summed E-state index contributed by atoms with van der Waals surface area (Å²) in [4.78, 5) is 0. The quantitative estimate of drug-likeness (QED) is 0.780. The zero-order chi connectivity index (χ0) is 13.2. The van der Waals surface area contributed by atoms with E-state index in [9.17, 15) is 8.42 Å². The predicted octanol–water partition coefficient (Wildman–Crippen LogP) is 0.789. The van der Waals surface area contributed by atoms with E-state index in [4.69, 9.17) is 0 Å². The maximum atomic E-state index is 12.6. The zero-order valence-corrected chi connectivity index (χ0v) is 12.2. The Labute approximate surface area is 111 Å². The number of nitrogens with zero attached hydrogens (tertiary/aromatic N) is 2. The molecule has 1 aliphatic carbocycles. The molecule has 1 saturated carbocycles. The minimum Gasteiger partial charge on any atom is -0.315 e. The van der Waals surface area contributed by atoms with Gasteiger partial charge in [-0.2, -0.15) is 17.0 Å². The highest BCUT2D eigenvalue weighted by Crippen LogP contribution is 2.31. The van der Waals surface area contributed by atoms with E-state index in [2.05, 4.69) is 12.2 Å². The Balaban J connectivity index is 2.06. The number of hydrogen-bond acceptors (Lipinski definition) is 3. The molecule has 5 nitrogen and oxygen atoms in total. The molecule has 1 unspecified atom stereocenters. The summed E-state index contributed by atoms with van der Waals surface area (Å²) in [6.07, 6.45) is 5.13. The van der Waals surface area contributed by atoms with Crippen molar-refractivity contribution in [2.24, 2.45) is 0 Å². The first-order valence-corrected chi connectivity index (χ1v) is 8.42. The lowest BCUT2D eigenvalue weighted by atomic mass is 10.1. The minimum absolute atomic E-state index is 0.130. The van der Waals surface area contributed by atoms with Gasteiger partial charge in [0.05, 0.1) is 0 Å². The molecule has 1 atom stereocenters. The molecule has 2 fully saturated rings. The molecule has 0 aromatic rings. The zero-order valence-electron chi connectivity index (χ0n) is 11.4. The summed E-state index contributed by atoms with van der Waals surface area (Å²) in [6, 6.07) is 0.376. The summed E-state index contributed by atoms with van der Waals surface area (Å²) in [6.45, 7) is 4.39. The van der Waals surface area contributed by atoms with E-state index in [0.29, 0.717) is 6.54 Å². The highest BCUT2D eigenvalue weighted by atomic mass is 32.2. The lowest BCUT2D eigenvalue weighted by Gasteiger charge is -2.37. The lowest BCUT2D eigenvalue weighted by molar-refractivity contribution is 0.230. The molecule has 0 radical (unpaired) electrons. The van der Waals surface area contributed by atoms with Crippen LogP contribution >= 0.6 is 0 Å². The highest BCUT2D eigenvalue weighted by Gasteiger charge is 2.40. The summed E-state index contributed by atoms with van der Waals surface area (Å²) < 4.78 is 28.4. The van der Waals surface area contributed by atoms with Crippen LogP contribution in [0.15, 0.2) is 0 Å². The van der Waals surface area contributed by atoms with Crippen molar-refractivity contribution in [1.29, 1.82) is 0 Å². The van der Waals surface area contributed by atoms with E-state index in [-0.39, 0.29) is 12.1 Å². The van der Waals surface area contributed by atoms with Gasteiger partial charge in [0, 0.05) is 32.2 Å². The molecule has 0 aromatic carbocycles. The second kappa shape index (κ2) is 5.86. The Morgan fingerprint density at radius 1 is 1.28 bits per heavy atom. The van der Waals surface area contributed by atoms with E-state index in [1.54, 1.807) is 15.7 Å². The van der Waals surface area contributed by atoms with Crippen LogP contribution in [0.5, 0.6) is 0 Å². The van der Waals surface area contributed by atoms with Gasteiger partial charge in [-0.1, -0.05) is 13.3 Å². The lowest BCUT2D eigenvalue weighted by Crippen LogP contribution is -2.53. The van der Waals surface area contributed by atoms with E-state index < -0.39 is 10.2 Å². The van der Waals surface area contributed by atoms with Gasteiger partial charge in [-0.15, -0.1) is 0 Å². The topological polar surface area (TPSA) is 52.7 Å². The van der Waals surface area contributed by atoms with E-state index in [0.717, 1.165) is 45.2 Å². The number of piperidine rings is 1. The molecule has 1 saturated heterocycles. The maximum Gasteiger partial charge on any atom is 0.282 e. The van der Waals surface area contributed by atoms with Gasteiger partial charge in [-0.05, 0) is 32.2 Å². The van der Waals surface area contributed by atoms with Crippen LogP contribution in [-0.2, 0) is 10.2 Å². The van der Waals surface area contributed by atoms with Crippen LogP contribution < -0.4 is 5.32 Å². The number of likely N-dealkylation sites (N-methyl/N-ethyl adjacent to an activating group) is 1. The second-order valence-electron chi connectivity index (χ2n) is 5.32. The van der Waals surface area contributed by atoms with Gasteiger partial charge in [0.15, 0.2) is 0 Å². The molecule has 1 aliphatic heterocycles. The third kappa shape index (κ3) is 3.04. The summed E-state index contributed by atoms with van der Waals surface area (Å²) in [5.74, 6) is 0. The van der Waals surface area contributed by atoms with Crippen LogP contribution in [0.3, 0.4) is 0 Å². The summed E-state index contributed by atoms with van der Waals surface area (Å²) in [5, 5.41) is 3.28. The van der Waals surface area contributed by atoms with Crippen LogP contribution in [0.1, 0.15) is 39.0 Å². The molecule has 0 bridgehead atoms. The molecule has 2 rings (SSSR count). The van der Waals surface area contributed by atoms with Crippen molar-refractivity contribution >= 4 is 10.2 Å². The van der Waals surface area contributed by atoms with Crippen molar-refractivity contribution in [3.63, 3.8) is 0 Å². The van der Waals surface area contributed by atoms with Gasteiger partial charge < -0.3 is 5.32 Å². The molecule has 1 N–H and O–H groups in total. The Morgan fingerprint density at radius 2 is 2.00 bits per heavy atom.